The number of hydrogen-bond acceptors (Lipinski definition) is 3. The molecule has 1 amide bonds. The molecule has 100 valence electrons. The summed E-state index contributed by atoms with van der Waals surface area (Å²) in [5.74, 6) is -1.23. The minimum absolute atomic E-state index is 0.00635. The minimum atomic E-state index is -0.819. The minimum Gasteiger partial charge on any atom is -0.481 e. The standard InChI is InChI=1S/C12H24N2O3/c1-9(2)13-7-4-5-11(15)14-8-6-10(3)12(16)17/h9-10,13H,4-8H2,1-3H3,(H,14,15)(H,16,17). The first kappa shape index (κ1) is 15.9. The van der Waals surface area contributed by atoms with Crippen molar-refractivity contribution in [3.05, 3.63) is 0 Å². The number of carbonyl (C=O) groups excluding carboxylic acids is 1. The lowest BCUT2D eigenvalue weighted by molar-refractivity contribution is -0.141. The summed E-state index contributed by atoms with van der Waals surface area (Å²) in [5.41, 5.74) is 0. The van der Waals surface area contributed by atoms with Gasteiger partial charge < -0.3 is 15.7 Å². The quantitative estimate of drug-likeness (QED) is 0.529. The van der Waals surface area contributed by atoms with Gasteiger partial charge >= 0.3 is 5.97 Å². The Labute approximate surface area is 103 Å². The smallest absolute Gasteiger partial charge is 0.306 e. The number of carboxylic acids is 1. The van der Waals surface area contributed by atoms with Crippen molar-refractivity contribution < 1.29 is 14.7 Å². The Morgan fingerprint density at radius 2 is 1.82 bits per heavy atom. The number of carboxylic acid groups (broad SMARTS) is 1. The van der Waals surface area contributed by atoms with Gasteiger partial charge in [0.15, 0.2) is 0 Å². The molecule has 0 fully saturated rings. The van der Waals surface area contributed by atoms with Crippen LogP contribution in [0.1, 0.15) is 40.0 Å². The molecule has 5 heteroatoms. The first-order chi connectivity index (χ1) is 7.93. The van der Waals surface area contributed by atoms with Crippen LogP contribution in [0.3, 0.4) is 0 Å². The molecule has 1 unspecified atom stereocenters. The molecule has 1 atom stereocenters. The Kier molecular flexibility index (Phi) is 8.40. The third kappa shape index (κ3) is 9.81. The van der Waals surface area contributed by atoms with Crippen LogP contribution < -0.4 is 10.6 Å². The van der Waals surface area contributed by atoms with E-state index < -0.39 is 11.9 Å². The second-order valence-corrected chi connectivity index (χ2v) is 4.59. The van der Waals surface area contributed by atoms with Crippen molar-refractivity contribution in [1.29, 1.82) is 0 Å². The predicted octanol–water partition coefficient (Wildman–Crippen LogP) is 0.992. The summed E-state index contributed by atoms with van der Waals surface area (Å²) in [6.07, 6.45) is 1.77. The lowest BCUT2D eigenvalue weighted by atomic mass is 10.1. The highest BCUT2D eigenvalue weighted by atomic mass is 16.4. The molecule has 0 aliphatic carbocycles. The molecule has 3 N–H and O–H groups in total. The van der Waals surface area contributed by atoms with Crippen LogP contribution in [-0.4, -0.2) is 36.1 Å². The highest BCUT2D eigenvalue weighted by Crippen LogP contribution is 1.99. The van der Waals surface area contributed by atoms with Gasteiger partial charge in [0.1, 0.15) is 0 Å². The van der Waals surface area contributed by atoms with Crippen molar-refractivity contribution in [2.45, 2.75) is 46.1 Å². The summed E-state index contributed by atoms with van der Waals surface area (Å²) in [6.45, 7) is 7.03. The molecular formula is C12H24N2O3. The summed E-state index contributed by atoms with van der Waals surface area (Å²) < 4.78 is 0. The van der Waals surface area contributed by atoms with E-state index in [1.54, 1.807) is 6.92 Å². The summed E-state index contributed by atoms with van der Waals surface area (Å²) in [7, 11) is 0. The number of amides is 1. The van der Waals surface area contributed by atoms with E-state index in [2.05, 4.69) is 24.5 Å². The molecule has 0 aromatic heterocycles. The van der Waals surface area contributed by atoms with E-state index >= 15 is 0 Å². The molecule has 0 rings (SSSR count). The zero-order valence-electron chi connectivity index (χ0n) is 11.0. The van der Waals surface area contributed by atoms with Gasteiger partial charge in [-0.1, -0.05) is 20.8 Å². The van der Waals surface area contributed by atoms with Crippen molar-refractivity contribution in [3.8, 4) is 0 Å². The van der Waals surface area contributed by atoms with E-state index in [-0.39, 0.29) is 5.91 Å². The lowest BCUT2D eigenvalue weighted by Gasteiger charge is -2.09. The molecule has 0 aliphatic heterocycles. The lowest BCUT2D eigenvalue weighted by Crippen LogP contribution is -2.29. The average molecular weight is 244 g/mol. The second kappa shape index (κ2) is 8.98. The van der Waals surface area contributed by atoms with Crippen LogP contribution in [0, 0.1) is 5.92 Å². The zero-order valence-corrected chi connectivity index (χ0v) is 11.0. The topological polar surface area (TPSA) is 78.4 Å². The molecule has 0 aromatic rings. The Hall–Kier alpha value is -1.10. The van der Waals surface area contributed by atoms with Crippen LogP contribution in [0.25, 0.3) is 0 Å². The van der Waals surface area contributed by atoms with Crippen LogP contribution >= 0.6 is 0 Å². The maximum absolute atomic E-state index is 11.4. The normalized spacial score (nSPS) is 12.5. The predicted molar refractivity (Wildman–Crippen MR) is 66.8 cm³/mol. The first-order valence-corrected chi connectivity index (χ1v) is 6.16. The van der Waals surface area contributed by atoms with Crippen molar-refractivity contribution in [1.82, 2.24) is 10.6 Å². The van der Waals surface area contributed by atoms with Gasteiger partial charge in [0.2, 0.25) is 5.91 Å². The molecule has 0 bridgehead atoms. The van der Waals surface area contributed by atoms with Gasteiger partial charge in [0.05, 0.1) is 5.92 Å². The molecule has 17 heavy (non-hydrogen) atoms. The first-order valence-electron chi connectivity index (χ1n) is 6.16. The van der Waals surface area contributed by atoms with Crippen LogP contribution in [0.15, 0.2) is 0 Å². The van der Waals surface area contributed by atoms with Crippen LogP contribution in [0.2, 0.25) is 0 Å². The van der Waals surface area contributed by atoms with E-state index in [4.69, 9.17) is 5.11 Å². The number of rotatable bonds is 9. The Balaban J connectivity index is 3.44. The van der Waals surface area contributed by atoms with Crippen molar-refractivity contribution in [3.63, 3.8) is 0 Å². The van der Waals surface area contributed by atoms with Gasteiger partial charge in [-0.3, -0.25) is 9.59 Å². The van der Waals surface area contributed by atoms with E-state index in [1.165, 1.54) is 0 Å². The van der Waals surface area contributed by atoms with Gasteiger partial charge in [-0.15, -0.1) is 0 Å². The highest BCUT2D eigenvalue weighted by molar-refractivity contribution is 5.76. The third-order valence-electron chi connectivity index (χ3n) is 2.45. The summed E-state index contributed by atoms with van der Waals surface area (Å²) >= 11 is 0. The maximum Gasteiger partial charge on any atom is 0.306 e. The molecular weight excluding hydrogens is 220 g/mol. The Bertz CT molecular complexity index is 242. The van der Waals surface area contributed by atoms with E-state index in [0.29, 0.717) is 25.4 Å². The van der Waals surface area contributed by atoms with Gasteiger partial charge in [-0.25, -0.2) is 0 Å². The zero-order chi connectivity index (χ0) is 13.3. The van der Waals surface area contributed by atoms with Gasteiger partial charge in [-0.05, 0) is 19.4 Å². The van der Waals surface area contributed by atoms with Crippen LogP contribution in [0.4, 0.5) is 0 Å². The van der Waals surface area contributed by atoms with E-state index in [1.807, 2.05) is 0 Å². The maximum atomic E-state index is 11.4. The van der Waals surface area contributed by atoms with Crippen LogP contribution in [0.5, 0.6) is 0 Å². The van der Waals surface area contributed by atoms with Crippen LogP contribution in [-0.2, 0) is 9.59 Å². The van der Waals surface area contributed by atoms with Gasteiger partial charge in [0.25, 0.3) is 0 Å². The van der Waals surface area contributed by atoms with E-state index in [9.17, 15) is 9.59 Å². The second-order valence-electron chi connectivity index (χ2n) is 4.59. The fraction of sp³-hybridized carbons (Fsp3) is 0.833. The summed E-state index contributed by atoms with van der Waals surface area (Å²) in [4.78, 5) is 21.9. The number of carbonyl (C=O) groups is 2. The number of hydrogen-bond donors (Lipinski definition) is 3. The molecule has 0 radical (unpaired) electrons. The van der Waals surface area contributed by atoms with Gasteiger partial charge in [0, 0.05) is 19.0 Å². The largest absolute Gasteiger partial charge is 0.481 e. The SMILES string of the molecule is CC(C)NCCCC(=O)NCCC(C)C(=O)O. The fourth-order valence-corrected chi connectivity index (χ4v) is 1.28. The summed E-state index contributed by atoms with van der Waals surface area (Å²) in [5, 5.41) is 14.6. The molecule has 0 spiro atoms. The van der Waals surface area contributed by atoms with Crippen molar-refractivity contribution in [2.24, 2.45) is 5.92 Å². The molecule has 0 heterocycles. The number of aliphatic carboxylic acids is 1. The Morgan fingerprint density at radius 1 is 1.18 bits per heavy atom. The van der Waals surface area contributed by atoms with Crippen molar-refractivity contribution in [2.75, 3.05) is 13.1 Å². The van der Waals surface area contributed by atoms with Crippen molar-refractivity contribution >= 4 is 11.9 Å². The fourth-order valence-electron chi connectivity index (χ4n) is 1.28. The highest BCUT2D eigenvalue weighted by Gasteiger charge is 2.10. The molecule has 0 saturated carbocycles. The third-order valence-corrected chi connectivity index (χ3v) is 2.45. The average Bonchev–Trinajstić information content (AvgIpc) is 2.23. The monoisotopic (exact) mass is 244 g/mol. The summed E-state index contributed by atoms with van der Waals surface area (Å²) in [6, 6.07) is 0.439. The van der Waals surface area contributed by atoms with Gasteiger partial charge in [-0.2, -0.15) is 0 Å². The molecule has 0 aromatic carbocycles. The molecule has 5 nitrogen and oxygen atoms in total. The molecule has 0 aliphatic rings. The van der Waals surface area contributed by atoms with E-state index in [0.717, 1.165) is 13.0 Å². The molecule has 0 saturated heterocycles. The Morgan fingerprint density at radius 3 is 2.35 bits per heavy atom. The number of nitrogens with one attached hydrogen (secondary N) is 2.